The number of esters is 1. The number of hydrogen-bond donors (Lipinski definition) is 0. The van der Waals surface area contributed by atoms with E-state index in [4.69, 9.17) is 16.3 Å². The van der Waals surface area contributed by atoms with Crippen LogP contribution >= 0.6 is 23.4 Å². The smallest absolute Gasteiger partial charge is 0.319 e. The van der Waals surface area contributed by atoms with Gasteiger partial charge in [0.25, 0.3) is 0 Å². The SMILES string of the molecule is CCOC(=O)C(CC)Sc1ccccc1Cl. The summed E-state index contributed by atoms with van der Waals surface area (Å²) in [4.78, 5) is 12.5. The van der Waals surface area contributed by atoms with Gasteiger partial charge in [0.1, 0.15) is 5.25 Å². The zero-order valence-electron chi connectivity index (χ0n) is 9.40. The fraction of sp³-hybridized carbons (Fsp3) is 0.417. The Balaban J connectivity index is 2.70. The van der Waals surface area contributed by atoms with Crippen molar-refractivity contribution in [3.63, 3.8) is 0 Å². The Labute approximate surface area is 105 Å². The number of carbonyl (C=O) groups is 1. The number of rotatable bonds is 5. The Morgan fingerprint density at radius 1 is 1.44 bits per heavy atom. The predicted molar refractivity (Wildman–Crippen MR) is 68.0 cm³/mol. The molecule has 1 aromatic rings. The number of hydrogen-bond acceptors (Lipinski definition) is 3. The minimum Gasteiger partial charge on any atom is -0.465 e. The lowest BCUT2D eigenvalue weighted by molar-refractivity contribution is -0.142. The van der Waals surface area contributed by atoms with Gasteiger partial charge in [0, 0.05) is 4.90 Å². The highest BCUT2D eigenvalue weighted by Crippen LogP contribution is 2.31. The lowest BCUT2D eigenvalue weighted by Crippen LogP contribution is -2.19. The van der Waals surface area contributed by atoms with E-state index in [1.165, 1.54) is 11.8 Å². The van der Waals surface area contributed by atoms with Crippen LogP contribution in [-0.2, 0) is 9.53 Å². The molecule has 16 heavy (non-hydrogen) atoms. The molecule has 0 radical (unpaired) electrons. The van der Waals surface area contributed by atoms with Gasteiger partial charge in [-0.3, -0.25) is 4.79 Å². The van der Waals surface area contributed by atoms with Gasteiger partial charge in [-0.15, -0.1) is 11.8 Å². The molecule has 0 spiro atoms. The first kappa shape index (κ1) is 13.4. The van der Waals surface area contributed by atoms with Gasteiger partial charge in [0.15, 0.2) is 0 Å². The highest BCUT2D eigenvalue weighted by Gasteiger charge is 2.19. The number of carbonyl (C=O) groups excluding carboxylic acids is 1. The van der Waals surface area contributed by atoms with Crippen LogP contribution in [0.25, 0.3) is 0 Å². The van der Waals surface area contributed by atoms with Crippen LogP contribution in [0.1, 0.15) is 20.3 Å². The molecular formula is C12H15ClO2S. The second-order valence-corrected chi connectivity index (χ2v) is 4.85. The van der Waals surface area contributed by atoms with E-state index in [0.29, 0.717) is 11.6 Å². The van der Waals surface area contributed by atoms with E-state index in [1.54, 1.807) is 0 Å². The van der Waals surface area contributed by atoms with Gasteiger partial charge < -0.3 is 4.74 Å². The van der Waals surface area contributed by atoms with Gasteiger partial charge in [0.2, 0.25) is 0 Å². The van der Waals surface area contributed by atoms with Crippen LogP contribution in [0.5, 0.6) is 0 Å². The quantitative estimate of drug-likeness (QED) is 0.594. The molecule has 0 bridgehead atoms. The summed E-state index contributed by atoms with van der Waals surface area (Å²) in [5.74, 6) is -0.171. The van der Waals surface area contributed by atoms with Gasteiger partial charge >= 0.3 is 5.97 Å². The molecular weight excluding hydrogens is 244 g/mol. The minimum absolute atomic E-state index is 0.171. The maximum absolute atomic E-state index is 11.6. The minimum atomic E-state index is -0.181. The molecule has 1 rings (SSSR count). The number of halogens is 1. The Morgan fingerprint density at radius 3 is 2.69 bits per heavy atom. The average molecular weight is 259 g/mol. The first-order chi connectivity index (χ1) is 7.69. The van der Waals surface area contributed by atoms with Gasteiger partial charge in [0.05, 0.1) is 11.6 Å². The maximum atomic E-state index is 11.6. The van der Waals surface area contributed by atoms with Crippen LogP contribution in [-0.4, -0.2) is 17.8 Å². The van der Waals surface area contributed by atoms with E-state index in [1.807, 2.05) is 38.1 Å². The van der Waals surface area contributed by atoms with Crippen LogP contribution in [0, 0.1) is 0 Å². The molecule has 0 aliphatic rings. The molecule has 0 aromatic heterocycles. The molecule has 4 heteroatoms. The Bertz CT molecular complexity index is 355. The Kier molecular flexibility index (Phi) is 5.71. The third-order valence-corrected chi connectivity index (χ3v) is 3.89. The summed E-state index contributed by atoms with van der Waals surface area (Å²) >= 11 is 7.49. The van der Waals surface area contributed by atoms with Gasteiger partial charge in [-0.25, -0.2) is 0 Å². The first-order valence-electron chi connectivity index (χ1n) is 5.26. The van der Waals surface area contributed by atoms with Crippen molar-refractivity contribution in [1.29, 1.82) is 0 Å². The van der Waals surface area contributed by atoms with Crippen LogP contribution in [0.2, 0.25) is 5.02 Å². The lowest BCUT2D eigenvalue weighted by Gasteiger charge is -2.13. The van der Waals surface area contributed by atoms with Crippen molar-refractivity contribution in [2.75, 3.05) is 6.61 Å². The van der Waals surface area contributed by atoms with Crippen LogP contribution in [0.4, 0.5) is 0 Å². The molecule has 0 saturated carbocycles. The normalized spacial score (nSPS) is 12.2. The average Bonchev–Trinajstić information content (AvgIpc) is 2.28. The van der Waals surface area contributed by atoms with Crippen molar-refractivity contribution >= 4 is 29.3 Å². The third-order valence-electron chi connectivity index (χ3n) is 2.03. The van der Waals surface area contributed by atoms with E-state index < -0.39 is 0 Å². The monoisotopic (exact) mass is 258 g/mol. The fourth-order valence-electron chi connectivity index (χ4n) is 1.23. The summed E-state index contributed by atoms with van der Waals surface area (Å²) in [5, 5.41) is 0.495. The van der Waals surface area contributed by atoms with Gasteiger partial charge in [-0.2, -0.15) is 0 Å². The van der Waals surface area contributed by atoms with Crippen LogP contribution in [0.15, 0.2) is 29.2 Å². The van der Waals surface area contributed by atoms with E-state index in [9.17, 15) is 4.79 Å². The summed E-state index contributed by atoms with van der Waals surface area (Å²) in [6.45, 7) is 4.19. The van der Waals surface area contributed by atoms with Crippen molar-refractivity contribution in [2.45, 2.75) is 30.4 Å². The maximum Gasteiger partial charge on any atom is 0.319 e. The lowest BCUT2D eigenvalue weighted by atomic mass is 10.3. The van der Waals surface area contributed by atoms with Crippen molar-refractivity contribution in [2.24, 2.45) is 0 Å². The highest BCUT2D eigenvalue weighted by molar-refractivity contribution is 8.00. The van der Waals surface area contributed by atoms with Gasteiger partial charge in [-0.05, 0) is 25.5 Å². The summed E-state index contributed by atoms with van der Waals surface area (Å²) in [6, 6.07) is 7.51. The largest absolute Gasteiger partial charge is 0.465 e. The number of ether oxygens (including phenoxy) is 1. The van der Waals surface area contributed by atoms with Crippen molar-refractivity contribution in [1.82, 2.24) is 0 Å². The van der Waals surface area contributed by atoms with E-state index >= 15 is 0 Å². The molecule has 1 atom stereocenters. The second-order valence-electron chi connectivity index (χ2n) is 3.20. The molecule has 0 amide bonds. The topological polar surface area (TPSA) is 26.3 Å². The molecule has 0 aliphatic heterocycles. The third kappa shape index (κ3) is 3.72. The molecule has 1 aromatic carbocycles. The predicted octanol–water partition coefficient (Wildman–Crippen LogP) is 3.77. The van der Waals surface area contributed by atoms with E-state index in [0.717, 1.165) is 11.3 Å². The standard InChI is InChI=1S/C12H15ClO2S/c1-3-10(12(14)15-4-2)16-11-8-6-5-7-9(11)13/h5-8,10H,3-4H2,1-2H3. The summed E-state index contributed by atoms with van der Waals surface area (Å²) in [7, 11) is 0. The van der Waals surface area contributed by atoms with E-state index in [2.05, 4.69) is 0 Å². The molecule has 0 heterocycles. The molecule has 88 valence electrons. The van der Waals surface area contributed by atoms with Crippen molar-refractivity contribution in [3.8, 4) is 0 Å². The summed E-state index contributed by atoms with van der Waals surface area (Å²) in [5.41, 5.74) is 0. The Hall–Kier alpha value is -0.670. The molecule has 2 nitrogen and oxygen atoms in total. The molecule has 0 fully saturated rings. The molecule has 0 aliphatic carbocycles. The fourth-order valence-corrected chi connectivity index (χ4v) is 2.47. The van der Waals surface area contributed by atoms with Crippen LogP contribution < -0.4 is 0 Å². The number of benzene rings is 1. The molecule has 0 N–H and O–H groups in total. The zero-order valence-corrected chi connectivity index (χ0v) is 11.0. The highest BCUT2D eigenvalue weighted by atomic mass is 35.5. The first-order valence-corrected chi connectivity index (χ1v) is 6.52. The van der Waals surface area contributed by atoms with Crippen LogP contribution in [0.3, 0.4) is 0 Å². The van der Waals surface area contributed by atoms with Crippen molar-refractivity contribution < 1.29 is 9.53 Å². The van der Waals surface area contributed by atoms with E-state index in [-0.39, 0.29) is 11.2 Å². The van der Waals surface area contributed by atoms with Gasteiger partial charge in [-0.1, -0.05) is 30.7 Å². The molecule has 0 saturated heterocycles. The second kappa shape index (κ2) is 6.81. The summed E-state index contributed by atoms with van der Waals surface area (Å²) in [6.07, 6.45) is 0.731. The Morgan fingerprint density at radius 2 is 2.12 bits per heavy atom. The number of thioether (sulfide) groups is 1. The zero-order chi connectivity index (χ0) is 12.0. The summed E-state index contributed by atoms with van der Waals surface area (Å²) < 4.78 is 5.00. The van der Waals surface area contributed by atoms with Crippen molar-refractivity contribution in [3.05, 3.63) is 29.3 Å². The molecule has 1 unspecified atom stereocenters.